The molecule has 1 atom stereocenters. The molecule has 0 bridgehead atoms. The molecule has 0 saturated heterocycles. The average molecular weight is 408 g/mol. The molecule has 0 heterocycles. The van der Waals surface area contributed by atoms with Gasteiger partial charge in [-0.1, -0.05) is 76.2 Å². The van der Waals surface area contributed by atoms with Crippen molar-refractivity contribution in [3.8, 4) is 0 Å². The number of nitrogens with zero attached hydrogens (tertiary/aromatic N) is 3. The third-order valence-electron chi connectivity index (χ3n) is 5.03. The van der Waals surface area contributed by atoms with Crippen LogP contribution in [0.15, 0.2) is 5.11 Å². The van der Waals surface area contributed by atoms with Gasteiger partial charge in [0.05, 0.1) is 11.0 Å². The van der Waals surface area contributed by atoms with Crippen LogP contribution < -0.4 is 0 Å². The van der Waals surface area contributed by atoms with Gasteiger partial charge in [0.2, 0.25) is 4.71 Å². The molecular formula is C17H33N3O4S2. The van der Waals surface area contributed by atoms with Crippen LogP contribution in [0.4, 0.5) is 0 Å². The summed E-state index contributed by atoms with van der Waals surface area (Å²) >= 11 is 0. The first kappa shape index (κ1) is 23.2. The highest BCUT2D eigenvalue weighted by molar-refractivity contribution is 8.09. The third-order valence-corrected chi connectivity index (χ3v) is 10.3. The van der Waals surface area contributed by atoms with Gasteiger partial charge in [0.25, 0.3) is 0 Å². The van der Waals surface area contributed by atoms with Gasteiger partial charge in [-0.3, -0.25) is 0 Å². The van der Waals surface area contributed by atoms with Crippen LogP contribution in [0.25, 0.3) is 10.4 Å². The number of hydrogen-bond acceptors (Lipinski definition) is 5. The van der Waals surface area contributed by atoms with Crippen LogP contribution >= 0.6 is 0 Å². The Hall–Kier alpha value is -0.790. The summed E-state index contributed by atoms with van der Waals surface area (Å²) in [5.41, 5.74) is 8.70. The molecule has 152 valence electrons. The van der Waals surface area contributed by atoms with Crippen LogP contribution in [0.2, 0.25) is 0 Å². The van der Waals surface area contributed by atoms with Crippen LogP contribution in [0.5, 0.6) is 0 Å². The molecule has 1 rings (SSSR count). The lowest BCUT2D eigenvalue weighted by atomic mass is 10.0. The fraction of sp³-hybridized carbons (Fsp3) is 1.00. The van der Waals surface area contributed by atoms with E-state index in [0.29, 0.717) is 19.3 Å². The van der Waals surface area contributed by atoms with Crippen LogP contribution in [0.3, 0.4) is 0 Å². The lowest BCUT2D eigenvalue weighted by Gasteiger charge is -2.24. The van der Waals surface area contributed by atoms with Crippen molar-refractivity contribution in [3.63, 3.8) is 0 Å². The van der Waals surface area contributed by atoms with E-state index in [9.17, 15) is 16.8 Å². The Labute approximate surface area is 158 Å². The van der Waals surface area contributed by atoms with Gasteiger partial charge in [-0.15, -0.1) is 0 Å². The van der Waals surface area contributed by atoms with Crippen molar-refractivity contribution in [1.82, 2.24) is 0 Å². The molecule has 26 heavy (non-hydrogen) atoms. The highest BCUT2D eigenvalue weighted by Crippen LogP contribution is 2.29. The minimum absolute atomic E-state index is 0.238. The van der Waals surface area contributed by atoms with E-state index in [1.54, 1.807) is 0 Å². The summed E-state index contributed by atoms with van der Waals surface area (Å²) in [6.07, 6.45) is 11.3. The molecule has 7 nitrogen and oxygen atoms in total. The molecular weight excluding hydrogens is 374 g/mol. The van der Waals surface area contributed by atoms with Gasteiger partial charge < -0.3 is 0 Å². The normalized spacial score (nSPS) is 17.6. The average Bonchev–Trinajstić information content (AvgIpc) is 2.62. The second-order valence-corrected chi connectivity index (χ2v) is 12.0. The number of sulfone groups is 2. The van der Waals surface area contributed by atoms with Crippen molar-refractivity contribution < 1.29 is 16.8 Å². The zero-order valence-electron chi connectivity index (χ0n) is 15.8. The zero-order chi connectivity index (χ0) is 19.5. The summed E-state index contributed by atoms with van der Waals surface area (Å²) in [5.74, 6) is -0.238. The molecule has 0 aromatic heterocycles. The van der Waals surface area contributed by atoms with Crippen LogP contribution in [0.1, 0.15) is 90.4 Å². The molecule has 1 aliphatic rings. The van der Waals surface area contributed by atoms with Crippen LogP contribution in [-0.2, 0) is 19.7 Å². The van der Waals surface area contributed by atoms with E-state index in [-0.39, 0.29) is 5.75 Å². The highest BCUT2D eigenvalue weighted by atomic mass is 32.3. The molecule has 0 amide bonds. The van der Waals surface area contributed by atoms with Gasteiger partial charge in [-0.2, -0.15) is 0 Å². The fourth-order valence-corrected chi connectivity index (χ4v) is 8.36. The minimum Gasteiger partial charge on any atom is -0.227 e. The Balaban J connectivity index is 2.60. The van der Waals surface area contributed by atoms with E-state index < -0.39 is 29.6 Å². The largest absolute Gasteiger partial charge is 0.240 e. The van der Waals surface area contributed by atoms with Crippen LogP contribution in [-0.4, -0.2) is 32.5 Å². The molecule has 0 N–H and O–H groups in total. The molecule has 0 aromatic rings. The van der Waals surface area contributed by atoms with Crippen molar-refractivity contribution in [1.29, 1.82) is 0 Å². The van der Waals surface area contributed by atoms with E-state index >= 15 is 0 Å². The van der Waals surface area contributed by atoms with Crippen LogP contribution in [0, 0.1) is 0 Å². The predicted molar refractivity (Wildman–Crippen MR) is 105 cm³/mol. The Morgan fingerprint density at radius 2 is 1.46 bits per heavy atom. The summed E-state index contributed by atoms with van der Waals surface area (Å²) < 4.78 is 48.5. The highest BCUT2D eigenvalue weighted by Gasteiger charge is 2.41. The topological polar surface area (TPSA) is 117 Å². The fourth-order valence-electron chi connectivity index (χ4n) is 3.48. The third kappa shape index (κ3) is 7.45. The maximum Gasteiger partial charge on any atom is 0.240 e. The maximum absolute atomic E-state index is 12.7. The van der Waals surface area contributed by atoms with E-state index in [1.165, 1.54) is 19.3 Å². The van der Waals surface area contributed by atoms with E-state index in [1.807, 2.05) is 0 Å². The summed E-state index contributed by atoms with van der Waals surface area (Å²) in [5, 5.41) is 2.49. The predicted octanol–water partition coefficient (Wildman–Crippen LogP) is 4.88. The Morgan fingerprint density at radius 1 is 0.923 bits per heavy atom. The van der Waals surface area contributed by atoms with Crippen molar-refractivity contribution in [2.24, 2.45) is 5.11 Å². The Kier molecular flexibility index (Phi) is 10.6. The number of rotatable bonds is 13. The summed E-state index contributed by atoms with van der Waals surface area (Å²) in [6.45, 7) is 2.16. The lowest BCUT2D eigenvalue weighted by molar-refractivity contribution is 0.481. The SMILES string of the molecule is CCCCCCCCCCS(=O)(=O)C(N=[N+]=[N-])S(=O)(=O)C1CCCCC1. The smallest absolute Gasteiger partial charge is 0.227 e. The molecule has 0 radical (unpaired) electrons. The first-order valence-corrected chi connectivity index (χ1v) is 13.2. The lowest BCUT2D eigenvalue weighted by Crippen LogP contribution is -2.38. The molecule has 0 spiro atoms. The molecule has 1 aliphatic carbocycles. The molecule has 1 saturated carbocycles. The summed E-state index contributed by atoms with van der Waals surface area (Å²) in [6, 6.07) is 0. The van der Waals surface area contributed by atoms with Gasteiger partial charge in [0, 0.05) is 4.91 Å². The quantitative estimate of drug-likeness (QED) is 0.187. The van der Waals surface area contributed by atoms with Crippen molar-refractivity contribution in [3.05, 3.63) is 10.4 Å². The molecule has 1 unspecified atom stereocenters. The van der Waals surface area contributed by atoms with Gasteiger partial charge in [-0.25, -0.2) is 16.8 Å². The molecule has 0 aromatic carbocycles. The maximum atomic E-state index is 12.7. The standard InChI is InChI=1S/C17H33N3O4S2/c1-2-3-4-5-6-7-8-12-15-25(21,22)17(19-20-18)26(23,24)16-13-10-9-11-14-16/h16-17H,2-15H2,1H3. The number of unbranched alkanes of at least 4 members (excludes halogenated alkanes) is 7. The summed E-state index contributed by atoms with van der Waals surface area (Å²) in [7, 11) is -8.01. The van der Waals surface area contributed by atoms with E-state index in [2.05, 4.69) is 16.9 Å². The van der Waals surface area contributed by atoms with Crippen molar-refractivity contribution in [2.45, 2.75) is 100 Å². The number of hydrogen-bond donors (Lipinski definition) is 0. The molecule has 0 aliphatic heterocycles. The summed E-state index contributed by atoms with van der Waals surface area (Å²) in [4.78, 5) is 2.52. The molecule has 1 fully saturated rings. The Bertz CT molecular complexity index is 649. The first-order chi connectivity index (χ1) is 12.4. The molecule has 9 heteroatoms. The van der Waals surface area contributed by atoms with Gasteiger partial charge >= 0.3 is 0 Å². The first-order valence-electron chi connectivity index (χ1n) is 9.84. The zero-order valence-corrected chi connectivity index (χ0v) is 17.5. The second-order valence-electron chi connectivity index (χ2n) is 7.20. The Morgan fingerprint density at radius 3 is 2.00 bits per heavy atom. The van der Waals surface area contributed by atoms with Gasteiger partial charge in [-0.05, 0) is 24.8 Å². The van der Waals surface area contributed by atoms with E-state index in [0.717, 1.165) is 44.9 Å². The van der Waals surface area contributed by atoms with Crippen molar-refractivity contribution >= 4 is 19.7 Å². The monoisotopic (exact) mass is 407 g/mol. The van der Waals surface area contributed by atoms with Gasteiger partial charge in [0.15, 0.2) is 19.7 Å². The van der Waals surface area contributed by atoms with Gasteiger partial charge in [0.1, 0.15) is 0 Å². The van der Waals surface area contributed by atoms with E-state index in [4.69, 9.17) is 5.53 Å². The van der Waals surface area contributed by atoms with Crippen molar-refractivity contribution in [2.75, 3.05) is 5.75 Å². The second kappa shape index (κ2) is 11.8. The number of azide groups is 1. The minimum atomic E-state index is -4.01.